The molecule has 3 aromatic carbocycles. The first-order valence-electron chi connectivity index (χ1n) is 8.98. The van der Waals surface area contributed by atoms with Gasteiger partial charge in [-0.1, -0.05) is 78.9 Å². The molecule has 140 valence electrons. The minimum atomic E-state index is -1.32. The normalized spacial score (nSPS) is 13.0. The lowest BCUT2D eigenvalue weighted by atomic mass is 9.76. The van der Waals surface area contributed by atoms with Gasteiger partial charge in [0.1, 0.15) is 5.41 Å². The van der Waals surface area contributed by atoms with Crippen LogP contribution in [-0.2, 0) is 14.9 Å². The molecule has 0 N–H and O–H groups in total. The Hall–Kier alpha value is -3.53. The van der Waals surface area contributed by atoms with Crippen LogP contribution in [0.3, 0.4) is 0 Å². The number of esters is 1. The zero-order valence-corrected chi connectivity index (χ0v) is 15.6. The predicted molar refractivity (Wildman–Crippen MR) is 110 cm³/mol. The van der Waals surface area contributed by atoms with Gasteiger partial charge in [0, 0.05) is 18.2 Å². The number of rotatable bonds is 7. The molecule has 28 heavy (non-hydrogen) atoms. The number of benzene rings is 3. The number of para-hydroxylation sites is 1. The smallest absolute Gasteiger partial charge is 0.322 e. The summed E-state index contributed by atoms with van der Waals surface area (Å²) in [4.78, 5) is 30.4. The van der Waals surface area contributed by atoms with E-state index in [1.165, 1.54) is 13.3 Å². The molecule has 0 unspecified atom stereocenters. The van der Waals surface area contributed by atoms with Crippen molar-refractivity contribution in [2.75, 3.05) is 7.11 Å². The largest absolute Gasteiger partial charge is 0.468 e. The van der Waals surface area contributed by atoms with E-state index in [2.05, 4.69) is 4.99 Å². The zero-order chi connectivity index (χ0) is 19.8. The van der Waals surface area contributed by atoms with E-state index in [1.54, 1.807) is 24.3 Å². The molecular formula is C24H21NO3. The molecule has 0 amide bonds. The average molecular weight is 371 g/mol. The Labute approximate surface area is 164 Å². The molecule has 0 heterocycles. The lowest BCUT2D eigenvalue weighted by molar-refractivity contribution is -0.144. The molecule has 0 radical (unpaired) electrons. The van der Waals surface area contributed by atoms with Crippen molar-refractivity contribution in [3.8, 4) is 0 Å². The van der Waals surface area contributed by atoms with Gasteiger partial charge in [-0.15, -0.1) is 0 Å². The van der Waals surface area contributed by atoms with E-state index < -0.39 is 11.4 Å². The first kappa shape index (κ1) is 19.2. The number of hydrogen-bond donors (Lipinski definition) is 0. The highest BCUT2D eigenvalue weighted by Gasteiger charge is 2.42. The summed E-state index contributed by atoms with van der Waals surface area (Å²) in [7, 11) is 1.32. The van der Waals surface area contributed by atoms with Crippen molar-refractivity contribution in [2.24, 2.45) is 4.99 Å². The Morgan fingerprint density at radius 1 is 0.857 bits per heavy atom. The van der Waals surface area contributed by atoms with Crippen LogP contribution in [0.1, 0.15) is 22.3 Å². The average Bonchev–Trinajstić information content (AvgIpc) is 2.78. The SMILES string of the molecule is COC(=O)[C@](C=Nc1ccccc1)(CC(=O)c1ccccc1)c1ccccc1. The van der Waals surface area contributed by atoms with Gasteiger partial charge in [-0.25, -0.2) is 0 Å². The second kappa shape index (κ2) is 8.91. The van der Waals surface area contributed by atoms with Crippen LogP contribution in [0.15, 0.2) is 96.0 Å². The summed E-state index contributed by atoms with van der Waals surface area (Å²) < 4.78 is 5.11. The topological polar surface area (TPSA) is 55.7 Å². The molecule has 0 bridgehead atoms. The number of hydrogen-bond acceptors (Lipinski definition) is 4. The van der Waals surface area contributed by atoms with Gasteiger partial charge < -0.3 is 4.74 Å². The predicted octanol–water partition coefficient (Wildman–Crippen LogP) is 4.77. The van der Waals surface area contributed by atoms with Gasteiger partial charge in [0.05, 0.1) is 12.8 Å². The van der Waals surface area contributed by atoms with Crippen LogP contribution in [0.25, 0.3) is 0 Å². The molecule has 0 saturated carbocycles. The number of ether oxygens (including phenoxy) is 1. The molecular weight excluding hydrogens is 350 g/mol. The van der Waals surface area contributed by atoms with E-state index in [1.807, 2.05) is 66.7 Å². The third-order valence-corrected chi connectivity index (χ3v) is 4.56. The van der Waals surface area contributed by atoms with Crippen molar-refractivity contribution >= 4 is 23.7 Å². The summed E-state index contributed by atoms with van der Waals surface area (Å²) in [5, 5.41) is 0. The molecule has 0 saturated heterocycles. The molecule has 0 spiro atoms. The Morgan fingerprint density at radius 3 is 1.96 bits per heavy atom. The van der Waals surface area contributed by atoms with Crippen molar-refractivity contribution < 1.29 is 14.3 Å². The highest BCUT2D eigenvalue weighted by molar-refractivity contribution is 6.09. The summed E-state index contributed by atoms with van der Waals surface area (Å²) in [6.45, 7) is 0. The van der Waals surface area contributed by atoms with Crippen LogP contribution in [-0.4, -0.2) is 25.1 Å². The monoisotopic (exact) mass is 371 g/mol. The van der Waals surface area contributed by atoms with Crippen LogP contribution < -0.4 is 0 Å². The first-order chi connectivity index (χ1) is 13.7. The molecule has 3 rings (SSSR count). The van der Waals surface area contributed by atoms with Gasteiger partial charge in [0.25, 0.3) is 0 Å². The molecule has 0 aliphatic rings. The van der Waals surface area contributed by atoms with E-state index in [0.29, 0.717) is 16.8 Å². The van der Waals surface area contributed by atoms with Crippen molar-refractivity contribution in [3.63, 3.8) is 0 Å². The second-order valence-electron chi connectivity index (χ2n) is 6.39. The van der Waals surface area contributed by atoms with E-state index in [4.69, 9.17) is 4.74 Å². The highest BCUT2D eigenvalue weighted by Crippen LogP contribution is 2.31. The number of aliphatic imine (C=N–C) groups is 1. The van der Waals surface area contributed by atoms with Gasteiger partial charge in [-0.2, -0.15) is 0 Å². The zero-order valence-electron chi connectivity index (χ0n) is 15.6. The van der Waals surface area contributed by atoms with Crippen molar-refractivity contribution in [2.45, 2.75) is 11.8 Å². The maximum atomic E-state index is 13.0. The highest BCUT2D eigenvalue weighted by atomic mass is 16.5. The third-order valence-electron chi connectivity index (χ3n) is 4.56. The van der Waals surface area contributed by atoms with Crippen molar-refractivity contribution in [1.29, 1.82) is 0 Å². The number of nitrogens with zero attached hydrogens (tertiary/aromatic N) is 1. The standard InChI is InChI=1S/C24H21NO3/c1-28-23(27)24(20-13-7-3-8-14-20,18-25-21-15-9-4-10-16-21)17-22(26)19-11-5-2-6-12-19/h2-16,18H,17H2,1H3/t24-/m0/s1. The molecule has 0 aliphatic heterocycles. The molecule has 0 aromatic heterocycles. The number of methoxy groups -OCH3 is 1. The van der Waals surface area contributed by atoms with Crippen LogP contribution in [0.4, 0.5) is 5.69 Å². The Kier molecular flexibility index (Phi) is 6.12. The summed E-state index contributed by atoms with van der Waals surface area (Å²) in [5.74, 6) is -0.683. The first-order valence-corrected chi connectivity index (χ1v) is 8.98. The quantitative estimate of drug-likeness (QED) is 0.341. The number of Topliss-reactive ketones (excluding diaryl/α,β-unsaturated/α-hetero) is 1. The number of ketones is 1. The fourth-order valence-corrected chi connectivity index (χ4v) is 3.06. The molecule has 1 atom stereocenters. The molecule has 0 aliphatic carbocycles. The molecule has 0 fully saturated rings. The van der Waals surface area contributed by atoms with Gasteiger partial charge in [-0.05, 0) is 17.7 Å². The molecule has 4 nitrogen and oxygen atoms in total. The van der Waals surface area contributed by atoms with E-state index in [0.717, 1.165) is 0 Å². The van der Waals surface area contributed by atoms with E-state index >= 15 is 0 Å². The summed E-state index contributed by atoms with van der Waals surface area (Å²) in [5.41, 5.74) is 0.572. The van der Waals surface area contributed by atoms with Crippen LogP contribution in [0.5, 0.6) is 0 Å². The Bertz CT molecular complexity index is 953. The maximum Gasteiger partial charge on any atom is 0.322 e. The van der Waals surface area contributed by atoms with Crippen LogP contribution >= 0.6 is 0 Å². The van der Waals surface area contributed by atoms with Gasteiger partial charge in [0.2, 0.25) is 0 Å². The Morgan fingerprint density at radius 2 is 1.39 bits per heavy atom. The third kappa shape index (κ3) is 4.23. The molecule has 3 aromatic rings. The van der Waals surface area contributed by atoms with E-state index in [9.17, 15) is 9.59 Å². The lowest BCUT2D eigenvalue weighted by Crippen LogP contribution is -2.41. The van der Waals surface area contributed by atoms with Gasteiger partial charge in [0.15, 0.2) is 5.78 Å². The summed E-state index contributed by atoms with van der Waals surface area (Å²) in [6.07, 6.45) is 1.45. The second-order valence-corrected chi connectivity index (χ2v) is 6.39. The minimum Gasteiger partial charge on any atom is -0.468 e. The van der Waals surface area contributed by atoms with Crippen molar-refractivity contribution in [1.82, 2.24) is 0 Å². The van der Waals surface area contributed by atoms with Gasteiger partial charge in [-0.3, -0.25) is 14.6 Å². The van der Waals surface area contributed by atoms with Gasteiger partial charge >= 0.3 is 5.97 Å². The van der Waals surface area contributed by atoms with E-state index in [-0.39, 0.29) is 12.2 Å². The fourth-order valence-electron chi connectivity index (χ4n) is 3.06. The van der Waals surface area contributed by atoms with Crippen LogP contribution in [0.2, 0.25) is 0 Å². The lowest BCUT2D eigenvalue weighted by Gasteiger charge is -2.27. The van der Waals surface area contributed by atoms with Crippen molar-refractivity contribution in [3.05, 3.63) is 102 Å². The minimum absolute atomic E-state index is 0.0793. The number of carbonyl (C=O) groups is 2. The fraction of sp³-hybridized carbons (Fsp3) is 0.125. The Balaban J connectivity index is 2.09. The molecule has 4 heteroatoms. The van der Waals surface area contributed by atoms with Crippen LogP contribution in [0, 0.1) is 0 Å². The maximum absolute atomic E-state index is 13.0. The summed E-state index contributed by atoms with van der Waals surface area (Å²) >= 11 is 0. The number of carbonyl (C=O) groups excluding carboxylic acids is 2. The summed E-state index contributed by atoms with van der Waals surface area (Å²) in [6, 6.07) is 27.4.